The smallest absolute Gasteiger partial charge is 0.159 e. The molecule has 0 heterocycles. The van der Waals surface area contributed by atoms with Gasteiger partial charge in [0, 0.05) is 16.0 Å². The lowest BCUT2D eigenvalue weighted by Gasteiger charge is -1.97. The number of nitriles is 2. The van der Waals surface area contributed by atoms with Crippen LogP contribution in [-0.4, -0.2) is 19.1 Å². The summed E-state index contributed by atoms with van der Waals surface area (Å²) < 4.78 is 30.0. The molecule has 382 valence electrons. The van der Waals surface area contributed by atoms with Crippen LogP contribution in [0, 0.1) is 109 Å². The number of ether oxygens (including phenoxy) is 1. The van der Waals surface area contributed by atoms with Crippen LogP contribution in [0.5, 0.6) is 5.75 Å². The van der Waals surface area contributed by atoms with Crippen LogP contribution in [0.25, 0.3) is 0 Å². The van der Waals surface area contributed by atoms with E-state index in [0.29, 0.717) is 10.0 Å². The number of carbonyl (C=O) groups is 1. The number of hydrogen-bond acceptors (Lipinski definition) is 5. The van der Waals surface area contributed by atoms with Gasteiger partial charge in [0.25, 0.3) is 0 Å². The van der Waals surface area contributed by atoms with Crippen molar-refractivity contribution in [2.45, 2.75) is 74.1 Å². The van der Waals surface area contributed by atoms with Crippen molar-refractivity contribution < 1.29 is 18.3 Å². The van der Waals surface area contributed by atoms with E-state index in [9.17, 15) is 13.6 Å². The number of terminal acetylenes is 1. The number of carbonyl (C=O) groups excluding carboxylic acids is 1. The maximum atomic E-state index is 12.5. The predicted octanol–water partition coefficient (Wildman–Crippen LogP) is 18.5. The summed E-state index contributed by atoms with van der Waals surface area (Å²) in [5, 5.41) is 18.0. The average Bonchev–Trinajstić information content (AvgIpc) is 3.39. The minimum Gasteiger partial charge on any atom is -0.497 e. The molecule has 74 heavy (non-hydrogen) atoms. The van der Waals surface area contributed by atoms with Crippen molar-refractivity contribution in [1.29, 1.82) is 10.5 Å². The third-order valence-corrected chi connectivity index (χ3v) is 11.4. The number of aryl methyl sites for hydroxylation is 9. The third-order valence-electron chi connectivity index (χ3n) is 9.90. The molecule has 0 N–H and O–H groups in total. The summed E-state index contributed by atoms with van der Waals surface area (Å²) in [5.74, 6) is 3.04. The molecule has 0 aliphatic rings. The Balaban J connectivity index is 0.000000423. The van der Waals surface area contributed by atoms with E-state index in [1.54, 1.807) is 57.0 Å². The van der Waals surface area contributed by atoms with Crippen molar-refractivity contribution in [3.63, 3.8) is 0 Å². The summed E-state index contributed by atoms with van der Waals surface area (Å²) in [5.41, 5.74) is 12.6. The molecule has 8 aromatic rings. The fourth-order valence-corrected chi connectivity index (χ4v) is 6.64. The van der Waals surface area contributed by atoms with Crippen molar-refractivity contribution in [2.75, 3.05) is 13.4 Å². The summed E-state index contributed by atoms with van der Waals surface area (Å²) in [6, 6.07) is 58.4. The Hall–Kier alpha value is -7.44. The highest BCUT2D eigenvalue weighted by Crippen LogP contribution is 2.22. The molecule has 9 heteroatoms. The zero-order chi connectivity index (χ0) is 55.6. The highest BCUT2D eigenvalue weighted by atomic mass is 35.5. The maximum absolute atomic E-state index is 12.5. The second-order valence-electron chi connectivity index (χ2n) is 16.7. The van der Waals surface area contributed by atoms with Gasteiger partial charge in [0.1, 0.15) is 23.5 Å². The number of benzene rings is 8. The molecule has 4 nitrogen and oxygen atoms in total. The first-order valence-corrected chi connectivity index (χ1v) is 25.2. The summed E-state index contributed by atoms with van der Waals surface area (Å²) in [6.45, 7) is 19.3. The van der Waals surface area contributed by atoms with Gasteiger partial charge in [0.2, 0.25) is 0 Å². The molecule has 0 fully saturated rings. The molecule has 0 amide bonds. The number of hydrogen-bond donors (Lipinski definition) is 0. The van der Waals surface area contributed by atoms with Crippen LogP contribution >= 0.6 is 35.0 Å². The normalized spacial score (nSPS) is 9.15. The molecule has 8 aromatic carbocycles. The predicted molar refractivity (Wildman–Crippen MR) is 310 cm³/mol. The number of Topliss-reactive ketones (excluding diaryl/α,β-unsaturated/α-hetero) is 1. The molecule has 0 aliphatic heterocycles. The van der Waals surface area contributed by atoms with Gasteiger partial charge in [-0.2, -0.15) is 10.5 Å². The number of thioether (sulfide) groups is 1. The molecular formula is C65H66Cl2F2N2O2S. The molecule has 0 spiro atoms. The minimum absolute atomic E-state index is 0.111. The Morgan fingerprint density at radius 3 is 1.38 bits per heavy atom. The quantitative estimate of drug-likeness (QED) is 0.100. The van der Waals surface area contributed by atoms with E-state index in [1.807, 2.05) is 157 Å². The van der Waals surface area contributed by atoms with Crippen LogP contribution in [0.2, 0.25) is 10.0 Å². The van der Waals surface area contributed by atoms with Gasteiger partial charge in [0.05, 0.1) is 34.4 Å². The summed E-state index contributed by atoms with van der Waals surface area (Å²) >= 11 is 13.1. The Morgan fingerprint density at radius 1 is 0.514 bits per heavy atom. The van der Waals surface area contributed by atoms with E-state index in [-0.39, 0.29) is 17.2 Å². The largest absolute Gasteiger partial charge is 0.497 e. The molecule has 0 saturated carbocycles. The van der Waals surface area contributed by atoms with Crippen LogP contribution in [0.3, 0.4) is 0 Å². The van der Waals surface area contributed by atoms with Gasteiger partial charge in [-0.05, 0) is 183 Å². The third kappa shape index (κ3) is 28.6. The standard InChI is InChI=1S/C9H10O.C9H8.C8H6FN.C8H9F.C8H7N.C8H10O.C8H10S.C7H6Cl2/c1-7-4-3-5-9(6-7)8(2)10;1-3-9-6-4-5-8(2)7-9;1-6-2-3-8(9)7(4-6)5-10;1-6-3-4-8(9)7(2)5-6;1-7-2-4-8(6-9)5-3-7;1-7-3-5-8(9-2)6-4-7;1-7-4-3-5-8(6-7)9-2;1-5-2-3-6(8)7(9)4-5/h3-6H,1-2H3;1,4-7H,2H3;2-4H,1H3;3-5H,1-2H3;2-5H,1H3;2*3-6H,1-2H3;2-4H,1H3. The Bertz CT molecular complexity index is 3030. The van der Waals surface area contributed by atoms with Crippen LogP contribution in [0.1, 0.15) is 84.0 Å². The van der Waals surface area contributed by atoms with Crippen LogP contribution in [0.4, 0.5) is 8.78 Å². The molecule has 0 atom stereocenters. The first kappa shape index (κ1) is 64.6. The summed E-state index contributed by atoms with van der Waals surface area (Å²) in [4.78, 5) is 12.1. The molecule has 0 aromatic heterocycles. The Kier molecular flexibility index (Phi) is 31.8. The lowest BCUT2D eigenvalue weighted by atomic mass is 10.1. The molecule has 0 bridgehead atoms. The van der Waals surface area contributed by atoms with E-state index in [0.717, 1.165) is 50.3 Å². The van der Waals surface area contributed by atoms with Gasteiger partial charge in [-0.15, -0.1) is 18.2 Å². The lowest BCUT2D eigenvalue weighted by molar-refractivity contribution is 0.101. The first-order valence-electron chi connectivity index (χ1n) is 23.2. The van der Waals surface area contributed by atoms with E-state index < -0.39 is 5.82 Å². The minimum atomic E-state index is -0.451. The van der Waals surface area contributed by atoms with E-state index in [1.165, 1.54) is 45.3 Å². The monoisotopic (exact) mass is 1050 g/mol. The lowest BCUT2D eigenvalue weighted by Crippen LogP contribution is -1.90. The van der Waals surface area contributed by atoms with Gasteiger partial charge < -0.3 is 4.74 Å². The van der Waals surface area contributed by atoms with Gasteiger partial charge in [-0.3, -0.25) is 4.79 Å². The van der Waals surface area contributed by atoms with Gasteiger partial charge >= 0.3 is 0 Å². The zero-order valence-corrected chi connectivity index (χ0v) is 46.8. The highest BCUT2D eigenvalue weighted by Gasteiger charge is 1.99. The highest BCUT2D eigenvalue weighted by molar-refractivity contribution is 7.98. The number of halogens is 4. The fourth-order valence-electron chi connectivity index (χ4n) is 5.76. The average molecular weight is 1050 g/mol. The fraction of sp³-hybridized carbons (Fsp3) is 0.185. The van der Waals surface area contributed by atoms with Crippen molar-refractivity contribution in [3.05, 3.63) is 270 Å². The van der Waals surface area contributed by atoms with Crippen molar-refractivity contribution in [1.82, 2.24) is 0 Å². The molecule has 0 saturated heterocycles. The molecule has 0 unspecified atom stereocenters. The molecule has 0 radical (unpaired) electrons. The molecule has 8 rings (SSSR count). The second kappa shape index (κ2) is 36.5. The number of rotatable bonds is 3. The topological polar surface area (TPSA) is 73.9 Å². The Labute approximate surface area is 454 Å². The van der Waals surface area contributed by atoms with E-state index in [2.05, 4.69) is 56.4 Å². The van der Waals surface area contributed by atoms with Crippen LogP contribution < -0.4 is 4.74 Å². The number of methoxy groups -OCH3 is 1. The summed E-state index contributed by atoms with van der Waals surface area (Å²) in [7, 11) is 1.67. The van der Waals surface area contributed by atoms with Crippen LogP contribution in [-0.2, 0) is 0 Å². The number of nitrogens with zero attached hydrogens (tertiary/aromatic N) is 2. The van der Waals surface area contributed by atoms with Crippen molar-refractivity contribution >= 4 is 40.7 Å². The van der Waals surface area contributed by atoms with Crippen LogP contribution in [0.15, 0.2) is 181 Å². The van der Waals surface area contributed by atoms with Crippen molar-refractivity contribution in [2.24, 2.45) is 0 Å². The summed E-state index contributed by atoms with van der Waals surface area (Å²) in [6.07, 6.45) is 7.26. The number of ketones is 1. The van der Waals surface area contributed by atoms with Gasteiger partial charge in [0.15, 0.2) is 5.78 Å². The van der Waals surface area contributed by atoms with E-state index >= 15 is 0 Å². The molecular weight excluding hydrogens is 982 g/mol. The SMILES string of the molecule is C#Cc1cccc(C)c1.CC(=O)c1cccc(C)c1.COc1ccc(C)cc1.CSc1cccc(C)c1.Cc1ccc(C#N)cc1.Cc1ccc(Cl)c(Cl)c1.Cc1ccc(F)c(C#N)c1.Cc1ccc(F)c(C)c1. The van der Waals surface area contributed by atoms with Gasteiger partial charge in [-0.1, -0.05) is 148 Å². The van der Waals surface area contributed by atoms with E-state index in [4.69, 9.17) is 44.9 Å². The van der Waals surface area contributed by atoms with Gasteiger partial charge in [-0.25, -0.2) is 8.78 Å². The first-order chi connectivity index (χ1) is 35.1. The Morgan fingerprint density at radius 2 is 0.986 bits per heavy atom. The zero-order valence-electron chi connectivity index (χ0n) is 44.5. The van der Waals surface area contributed by atoms with Crippen molar-refractivity contribution in [3.8, 4) is 30.2 Å². The molecule has 0 aliphatic carbocycles. The second-order valence-corrected chi connectivity index (χ2v) is 18.4. The maximum Gasteiger partial charge on any atom is 0.159 e.